The van der Waals surface area contributed by atoms with E-state index in [0.717, 1.165) is 31.4 Å². The Kier molecular flexibility index (Phi) is 5.93. The summed E-state index contributed by atoms with van der Waals surface area (Å²) in [5.74, 6) is -0.00643. The molecule has 2 rings (SSSR count). The Hall–Kier alpha value is -1.44. The van der Waals surface area contributed by atoms with Gasteiger partial charge in [0.15, 0.2) is 0 Å². The van der Waals surface area contributed by atoms with Crippen LogP contribution in [-0.2, 0) is 26.0 Å². The van der Waals surface area contributed by atoms with Gasteiger partial charge in [-0.2, -0.15) is 0 Å². The van der Waals surface area contributed by atoms with Gasteiger partial charge in [0.2, 0.25) is 15.9 Å². The minimum Gasteiger partial charge on any atom is -0.378 e. The van der Waals surface area contributed by atoms with Gasteiger partial charge in [0.05, 0.1) is 17.4 Å². The topological polar surface area (TPSA) is 98.5 Å². The van der Waals surface area contributed by atoms with Gasteiger partial charge in [-0.05, 0) is 43.4 Å². The molecule has 0 saturated carbocycles. The van der Waals surface area contributed by atoms with Crippen molar-refractivity contribution in [2.24, 2.45) is 5.14 Å². The summed E-state index contributed by atoms with van der Waals surface area (Å²) >= 11 is 0. The first-order chi connectivity index (χ1) is 10.4. The quantitative estimate of drug-likeness (QED) is 0.813. The number of ether oxygens (including phenoxy) is 1. The molecule has 1 fully saturated rings. The molecule has 1 heterocycles. The molecule has 1 amide bonds. The first kappa shape index (κ1) is 16.9. The van der Waals surface area contributed by atoms with E-state index in [1.165, 1.54) is 12.1 Å². The van der Waals surface area contributed by atoms with Crippen LogP contribution in [0.1, 0.15) is 31.2 Å². The molecule has 1 aliphatic rings. The maximum absolute atomic E-state index is 11.8. The highest BCUT2D eigenvalue weighted by atomic mass is 32.2. The molecule has 22 heavy (non-hydrogen) atoms. The first-order valence-corrected chi connectivity index (χ1v) is 9.00. The Balaban J connectivity index is 1.72. The fourth-order valence-electron chi connectivity index (χ4n) is 2.44. The largest absolute Gasteiger partial charge is 0.378 e. The number of hydrogen-bond acceptors (Lipinski definition) is 4. The van der Waals surface area contributed by atoms with Crippen molar-refractivity contribution in [3.63, 3.8) is 0 Å². The summed E-state index contributed by atoms with van der Waals surface area (Å²) in [6.45, 7) is 1.26. The summed E-state index contributed by atoms with van der Waals surface area (Å²) < 4.78 is 27.8. The van der Waals surface area contributed by atoms with E-state index in [-0.39, 0.29) is 16.9 Å². The van der Waals surface area contributed by atoms with Gasteiger partial charge in [-0.1, -0.05) is 12.1 Å². The van der Waals surface area contributed by atoms with Gasteiger partial charge < -0.3 is 10.1 Å². The Labute approximate surface area is 131 Å². The minimum absolute atomic E-state index is 0.00643. The van der Waals surface area contributed by atoms with Gasteiger partial charge >= 0.3 is 0 Å². The van der Waals surface area contributed by atoms with Crippen molar-refractivity contribution in [2.75, 3.05) is 13.2 Å². The molecule has 7 heteroatoms. The van der Waals surface area contributed by atoms with E-state index in [1.54, 1.807) is 12.1 Å². The summed E-state index contributed by atoms with van der Waals surface area (Å²) in [6.07, 6.45) is 4.23. The van der Waals surface area contributed by atoms with Gasteiger partial charge in [-0.3, -0.25) is 4.79 Å². The molecule has 6 nitrogen and oxygen atoms in total. The van der Waals surface area contributed by atoms with Crippen LogP contribution in [0.2, 0.25) is 0 Å². The van der Waals surface area contributed by atoms with Crippen molar-refractivity contribution >= 4 is 15.9 Å². The van der Waals surface area contributed by atoms with Gasteiger partial charge in [-0.15, -0.1) is 0 Å². The van der Waals surface area contributed by atoms with Crippen molar-refractivity contribution in [2.45, 2.75) is 43.1 Å². The van der Waals surface area contributed by atoms with E-state index in [2.05, 4.69) is 5.32 Å². The second-order valence-corrected chi connectivity index (χ2v) is 7.04. The van der Waals surface area contributed by atoms with E-state index < -0.39 is 10.0 Å². The highest BCUT2D eigenvalue weighted by Gasteiger charge is 2.17. The molecule has 0 aromatic heterocycles. The van der Waals surface area contributed by atoms with Crippen molar-refractivity contribution in [1.29, 1.82) is 0 Å². The van der Waals surface area contributed by atoms with Crippen molar-refractivity contribution in [1.82, 2.24) is 5.32 Å². The van der Waals surface area contributed by atoms with Gasteiger partial charge in [0.1, 0.15) is 0 Å². The van der Waals surface area contributed by atoms with E-state index >= 15 is 0 Å². The lowest BCUT2D eigenvalue weighted by atomic mass is 10.1. The lowest BCUT2D eigenvalue weighted by molar-refractivity contribution is -0.124. The number of carbonyl (C=O) groups is 1. The molecule has 3 N–H and O–H groups in total. The molecule has 0 spiro atoms. The highest BCUT2D eigenvalue weighted by molar-refractivity contribution is 7.89. The molecule has 1 aliphatic heterocycles. The van der Waals surface area contributed by atoms with Crippen LogP contribution >= 0.6 is 0 Å². The third-order valence-electron chi connectivity index (χ3n) is 3.67. The number of amides is 1. The molecule has 1 saturated heterocycles. The van der Waals surface area contributed by atoms with Crippen molar-refractivity contribution in [3.05, 3.63) is 29.8 Å². The summed E-state index contributed by atoms with van der Waals surface area (Å²) in [7, 11) is -3.65. The zero-order valence-electron chi connectivity index (χ0n) is 12.5. The van der Waals surface area contributed by atoms with E-state index in [9.17, 15) is 13.2 Å². The second kappa shape index (κ2) is 7.71. The number of nitrogens with two attached hydrogens (primary N) is 1. The molecule has 1 aromatic carbocycles. The smallest absolute Gasteiger partial charge is 0.238 e. The molecule has 0 bridgehead atoms. The van der Waals surface area contributed by atoms with Gasteiger partial charge in [0, 0.05) is 13.2 Å². The molecule has 1 atom stereocenters. The van der Waals surface area contributed by atoms with Crippen LogP contribution in [0.25, 0.3) is 0 Å². The van der Waals surface area contributed by atoms with Crippen molar-refractivity contribution in [3.8, 4) is 0 Å². The fourth-order valence-corrected chi connectivity index (χ4v) is 2.95. The minimum atomic E-state index is -3.65. The maximum Gasteiger partial charge on any atom is 0.238 e. The maximum atomic E-state index is 11.8. The van der Waals surface area contributed by atoms with Gasteiger partial charge in [-0.25, -0.2) is 13.6 Å². The number of nitrogens with one attached hydrogen (secondary N) is 1. The average Bonchev–Trinajstić information content (AvgIpc) is 2.48. The predicted molar refractivity (Wildman–Crippen MR) is 82.7 cm³/mol. The molecule has 1 unspecified atom stereocenters. The lowest BCUT2D eigenvalue weighted by Crippen LogP contribution is -2.31. The Morgan fingerprint density at radius 1 is 1.27 bits per heavy atom. The Bertz CT molecular complexity index is 592. The summed E-state index contributed by atoms with van der Waals surface area (Å²) in [5, 5.41) is 7.90. The number of benzene rings is 1. The highest BCUT2D eigenvalue weighted by Crippen LogP contribution is 2.15. The van der Waals surface area contributed by atoms with Crippen LogP contribution in [0.3, 0.4) is 0 Å². The van der Waals surface area contributed by atoms with Crippen LogP contribution in [-0.4, -0.2) is 33.6 Å². The predicted octanol–water partition coefficient (Wildman–Crippen LogP) is 0.952. The zero-order valence-corrected chi connectivity index (χ0v) is 13.3. The monoisotopic (exact) mass is 326 g/mol. The van der Waals surface area contributed by atoms with Crippen LogP contribution in [0.5, 0.6) is 0 Å². The second-order valence-electron chi connectivity index (χ2n) is 5.48. The number of rotatable bonds is 6. The van der Waals surface area contributed by atoms with E-state index in [1.807, 2.05) is 0 Å². The van der Waals surface area contributed by atoms with Crippen LogP contribution in [0.4, 0.5) is 0 Å². The standard InChI is InChI=1S/C15H22N2O4S/c16-22(19,20)14-6-4-12(5-7-14)8-9-17-15(18)11-13-3-1-2-10-21-13/h4-7,13H,1-3,8-11H2,(H,17,18)(H2,16,19,20). The Morgan fingerprint density at radius 2 is 2.00 bits per heavy atom. The zero-order chi connectivity index (χ0) is 16.0. The fraction of sp³-hybridized carbons (Fsp3) is 0.533. The van der Waals surface area contributed by atoms with E-state index in [4.69, 9.17) is 9.88 Å². The number of primary sulfonamides is 1. The molecule has 0 aliphatic carbocycles. The normalized spacial score (nSPS) is 18.9. The van der Waals surface area contributed by atoms with Crippen LogP contribution < -0.4 is 10.5 Å². The van der Waals surface area contributed by atoms with E-state index in [0.29, 0.717) is 19.4 Å². The summed E-state index contributed by atoms with van der Waals surface area (Å²) in [6, 6.07) is 6.36. The lowest BCUT2D eigenvalue weighted by Gasteiger charge is -2.21. The summed E-state index contributed by atoms with van der Waals surface area (Å²) in [4.78, 5) is 11.9. The van der Waals surface area contributed by atoms with Crippen molar-refractivity contribution < 1.29 is 17.9 Å². The first-order valence-electron chi connectivity index (χ1n) is 7.45. The number of sulfonamides is 1. The third kappa shape index (κ3) is 5.40. The number of hydrogen-bond donors (Lipinski definition) is 2. The summed E-state index contributed by atoms with van der Waals surface area (Å²) in [5.41, 5.74) is 0.946. The van der Waals surface area contributed by atoms with Gasteiger partial charge in [0.25, 0.3) is 0 Å². The SMILES string of the molecule is NS(=O)(=O)c1ccc(CCNC(=O)CC2CCCCO2)cc1. The molecular weight excluding hydrogens is 304 g/mol. The molecule has 122 valence electrons. The van der Waals surface area contributed by atoms with Crippen LogP contribution in [0.15, 0.2) is 29.2 Å². The molecule has 1 aromatic rings. The van der Waals surface area contributed by atoms with Crippen LogP contribution in [0, 0.1) is 0 Å². The third-order valence-corrected chi connectivity index (χ3v) is 4.60. The number of carbonyl (C=O) groups excluding carboxylic acids is 1. The Morgan fingerprint density at radius 3 is 2.59 bits per heavy atom. The molecule has 0 radical (unpaired) electrons. The average molecular weight is 326 g/mol. The molecular formula is C15H22N2O4S.